The van der Waals surface area contributed by atoms with E-state index in [1.54, 1.807) is 7.11 Å². The van der Waals surface area contributed by atoms with Gasteiger partial charge in [0, 0.05) is 48.4 Å². The SMILES string of the molecule is COc1ccc2c(c1)C(N1CCCC1=O)CCN2Cc1cc2ccccc2[nH]c1=O. The number of aromatic amines is 1. The van der Waals surface area contributed by atoms with Crippen LogP contribution >= 0.6 is 0 Å². The number of carbonyl (C=O) groups is 1. The van der Waals surface area contributed by atoms with E-state index in [-0.39, 0.29) is 17.5 Å². The molecule has 2 aromatic carbocycles. The molecule has 1 unspecified atom stereocenters. The van der Waals surface area contributed by atoms with Gasteiger partial charge in [-0.1, -0.05) is 18.2 Å². The van der Waals surface area contributed by atoms with Crippen molar-refractivity contribution in [1.29, 1.82) is 0 Å². The molecule has 6 nitrogen and oxygen atoms in total. The minimum absolute atomic E-state index is 0.0550. The third kappa shape index (κ3) is 3.22. The number of hydrogen-bond donors (Lipinski definition) is 1. The molecular weight excluding hydrogens is 378 g/mol. The van der Waals surface area contributed by atoms with E-state index in [1.165, 1.54) is 0 Å². The molecule has 154 valence electrons. The van der Waals surface area contributed by atoms with Crippen LogP contribution in [0.25, 0.3) is 10.9 Å². The molecule has 3 aromatic rings. The normalized spacial score (nSPS) is 18.7. The van der Waals surface area contributed by atoms with Gasteiger partial charge in [-0.15, -0.1) is 0 Å². The topological polar surface area (TPSA) is 65.6 Å². The number of likely N-dealkylation sites (tertiary alicyclic amines) is 1. The highest BCUT2D eigenvalue weighted by Crippen LogP contribution is 2.41. The number of pyridine rings is 1. The van der Waals surface area contributed by atoms with Crippen LogP contribution in [0.2, 0.25) is 0 Å². The van der Waals surface area contributed by atoms with E-state index in [9.17, 15) is 9.59 Å². The first-order valence-corrected chi connectivity index (χ1v) is 10.5. The summed E-state index contributed by atoms with van der Waals surface area (Å²) >= 11 is 0. The fourth-order valence-corrected chi connectivity index (χ4v) is 4.77. The zero-order chi connectivity index (χ0) is 20.7. The Morgan fingerprint density at radius 2 is 1.97 bits per heavy atom. The van der Waals surface area contributed by atoms with Gasteiger partial charge in [-0.25, -0.2) is 0 Å². The van der Waals surface area contributed by atoms with Crippen molar-refractivity contribution >= 4 is 22.5 Å². The van der Waals surface area contributed by atoms with E-state index >= 15 is 0 Å². The third-order valence-electron chi connectivity index (χ3n) is 6.28. The molecular formula is C24H25N3O3. The van der Waals surface area contributed by atoms with Gasteiger partial charge in [0.15, 0.2) is 0 Å². The number of anilines is 1. The van der Waals surface area contributed by atoms with Crippen molar-refractivity contribution in [3.8, 4) is 5.75 Å². The first kappa shape index (κ1) is 18.7. The van der Waals surface area contributed by atoms with Crippen LogP contribution in [0.4, 0.5) is 5.69 Å². The number of H-pyrrole nitrogens is 1. The van der Waals surface area contributed by atoms with Crippen LogP contribution in [0.15, 0.2) is 53.3 Å². The zero-order valence-electron chi connectivity index (χ0n) is 17.1. The minimum atomic E-state index is -0.0550. The summed E-state index contributed by atoms with van der Waals surface area (Å²) < 4.78 is 5.46. The zero-order valence-corrected chi connectivity index (χ0v) is 17.1. The van der Waals surface area contributed by atoms with E-state index in [4.69, 9.17) is 4.74 Å². The maximum atomic E-state index is 12.7. The first-order valence-electron chi connectivity index (χ1n) is 10.5. The van der Waals surface area contributed by atoms with Crippen molar-refractivity contribution in [2.45, 2.75) is 31.8 Å². The number of carbonyl (C=O) groups excluding carboxylic acids is 1. The molecule has 2 aliphatic heterocycles. The van der Waals surface area contributed by atoms with E-state index in [0.717, 1.165) is 59.4 Å². The second-order valence-electron chi connectivity index (χ2n) is 8.05. The lowest BCUT2D eigenvalue weighted by molar-refractivity contribution is -0.130. The predicted octanol–water partition coefficient (Wildman–Crippen LogP) is 3.61. The molecule has 1 amide bonds. The molecule has 30 heavy (non-hydrogen) atoms. The Labute approximate surface area is 175 Å². The number of rotatable bonds is 4. The van der Waals surface area contributed by atoms with Gasteiger partial charge >= 0.3 is 0 Å². The first-order chi connectivity index (χ1) is 14.6. The molecule has 0 spiro atoms. The highest BCUT2D eigenvalue weighted by molar-refractivity contribution is 5.80. The van der Waals surface area contributed by atoms with Gasteiger partial charge in [-0.05, 0) is 48.6 Å². The Hall–Kier alpha value is -3.28. The van der Waals surface area contributed by atoms with Gasteiger partial charge in [0.2, 0.25) is 5.91 Å². The Balaban J connectivity index is 1.52. The molecule has 1 fully saturated rings. The number of ether oxygens (including phenoxy) is 1. The predicted molar refractivity (Wildman–Crippen MR) is 117 cm³/mol. The largest absolute Gasteiger partial charge is 0.497 e. The van der Waals surface area contributed by atoms with Crippen LogP contribution in [0.5, 0.6) is 5.75 Å². The average molecular weight is 403 g/mol. The van der Waals surface area contributed by atoms with Crippen LogP contribution in [0.1, 0.15) is 36.4 Å². The summed E-state index contributed by atoms with van der Waals surface area (Å²) in [6.45, 7) is 2.13. The molecule has 1 atom stereocenters. The number of benzene rings is 2. The van der Waals surface area contributed by atoms with Gasteiger partial charge in [0.05, 0.1) is 13.2 Å². The Morgan fingerprint density at radius 3 is 2.77 bits per heavy atom. The van der Waals surface area contributed by atoms with Crippen molar-refractivity contribution in [1.82, 2.24) is 9.88 Å². The van der Waals surface area contributed by atoms with Crippen molar-refractivity contribution < 1.29 is 9.53 Å². The molecule has 2 aliphatic rings. The molecule has 6 heteroatoms. The number of amides is 1. The third-order valence-corrected chi connectivity index (χ3v) is 6.28. The summed E-state index contributed by atoms with van der Waals surface area (Å²) in [6.07, 6.45) is 2.40. The summed E-state index contributed by atoms with van der Waals surface area (Å²) in [4.78, 5) is 32.3. The van der Waals surface area contributed by atoms with Crippen molar-refractivity contribution in [3.63, 3.8) is 0 Å². The summed E-state index contributed by atoms with van der Waals surface area (Å²) in [5.41, 5.74) is 3.71. The van der Waals surface area contributed by atoms with Gasteiger partial charge in [0.25, 0.3) is 5.56 Å². The molecule has 0 aliphatic carbocycles. The van der Waals surface area contributed by atoms with E-state index < -0.39 is 0 Å². The van der Waals surface area contributed by atoms with Crippen LogP contribution in [-0.2, 0) is 11.3 Å². The van der Waals surface area contributed by atoms with E-state index in [0.29, 0.717) is 13.0 Å². The summed E-state index contributed by atoms with van der Waals surface area (Å²) in [5, 5.41) is 1.03. The lowest BCUT2D eigenvalue weighted by Gasteiger charge is -2.39. The number of para-hydroxylation sites is 1. The van der Waals surface area contributed by atoms with Crippen LogP contribution in [0, 0.1) is 0 Å². The maximum Gasteiger partial charge on any atom is 0.253 e. The van der Waals surface area contributed by atoms with Crippen molar-refractivity contribution in [2.75, 3.05) is 25.1 Å². The smallest absolute Gasteiger partial charge is 0.253 e. The Kier molecular flexibility index (Phi) is 4.69. The van der Waals surface area contributed by atoms with E-state index in [2.05, 4.69) is 16.0 Å². The lowest BCUT2D eigenvalue weighted by Crippen LogP contribution is -2.39. The monoisotopic (exact) mass is 403 g/mol. The molecule has 1 saturated heterocycles. The van der Waals surface area contributed by atoms with Crippen LogP contribution < -0.4 is 15.2 Å². The fourth-order valence-electron chi connectivity index (χ4n) is 4.77. The van der Waals surface area contributed by atoms with Crippen molar-refractivity contribution in [2.24, 2.45) is 0 Å². The molecule has 0 bridgehead atoms. The number of hydrogen-bond acceptors (Lipinski definition) is 4. The minimum Gasteiger partial charge on any atom is -0.497 e. The number of methoxy groups -OCH3 is 1. The molecule has 5 rings (SSSR count). The van der Waals surface area contributed by atoms with Crippen LogP contribution in [0.3, 0.4) is 0 Å². The summed E-state index contributed by atoms with van der Waals surface area (Å²) in [7, 11) is 1.66. The van der Waals surface area contributed by atoms with Crippen molar-refractivity contribution in [3.05, 3.63) is 70.0 Å². The van der Waals surface area contributed by atoms with Gasteiger partial charge in [-0.2, -0.15) is 0 Å². The average Bonchev–Trinajstić information content (AvgIpc) is 3.19. The summed E-state index contributed by atoms with van der Waals surface area (Å²) in [6, 6.07) is 15.9. The van der Waals surface area contributed by atoms with Gasteiger partial charge in [0.1, 0.15) is 5.75 Å². The molecule has 1 aromatic heterocycles. The number of fused-ring (bicyclic) bond motifs is 2. The highest BCUT2D eigenvalue weighted by Gasteiger charge is 2.34. The molecule has 3 heterocycles. The van der Waals surface area contributed by atoms with Gasteiger partial charge in [-0.3, -0.25) is 9.59 Å². The second-order valence-corrected chi connectivity index (χ2v) is 8.05. The molecule has 1 N–H and O–H groups in total. The molecule has 0 radical (unpaired) electrons. The quantitative estimate of drug-likeness (QED) is 0.723. The van der Waals surface area contributed by atoms with E-state index in [1.807, 2.05) is 47.4 Å². The summed E-state index contributed by atoms with van der Waals surface area (Å²) in [5.74, 6) is 1.02. The molecule has 0 saturated carbocycles. The van der Waals surface area contributed by atoms with Gasteiger partial charge < -0.3 is 19.5 Å². The highest BCUT2D eigenvalue weighted by atomic mass is 16.5. The number of nitrogens with zero attached hydrogens (tertiary/aromatic N) is 2. The fraction of sp³-hybridized carbons (Fsp3) is 0.333. The Morgan fingerprint density at radius 1 is 1.10 bits per heavy atom. The lowest BCUT2D eigenvalue weighted by atomic mass is 9.94. The number of nitrogens with one attached hydrogen (secondary N) is 1. The standard InChI is InChI=1S/C24H25N3O3/c1-30-18-8-9-21-19(14-18)22(27-11-4-7-23(27)28)10-12-26(21)15-17-13-16-5-2-3-6-20(16)25-24(17)29/h2-3,5-6,8-9,13-14,22H,4,7,10-12,15H2,1H3,(H,25,29). The second kappa shape index (κ2) is 7.52. The Bertz CT molecular complexity index is 1170. The van der Waals surface area contributed by atoms with Crippen LogP contribution in [-0.4, -0.2) is 36.0 Å². The maximum absolute atomic E-state index is 12.7. The number of aromatic nitrogens is 1.